The molecule has 1 saturated heterocycles. The van der Waals surface area contributed by atoms with E-state index in [0.717, 1.165) is 19.4 Å². The molecule has 2 N–H and O–H groups in total. The zero-order valence-electron chi connectivity index (χ0n) is 12.2. The van der Waals surface area contributed by atoms with Gasteiger partial charge in [0.2, 0.25) is 10.0 Å². The highest BCUT2D eigenvalue weighted by Crippen LogP contribution is 2.19. The number of carbonyl (C=O) groups is 1. The molecular formula is C14H20N2O4S. The Hall–Kier alpha value is -1.44. The van der Waals surface area contributed by atoms with E-state index in [4.69, 9.17) is 0 Å². The van der Waals surface area contributed by atoms with Crippen molar-refractivity contribution in [3.05, 3.63) is 29.3 Å². The molecule has 0 radical (unpaired) electrons. The van der Waals surface area contributed by atoms with Gasteiger partial charge >= 0.3 is 5.97 Å². The fraction of sp³-hybridized carbons (Fsp3) is 0.500. The van der Waals surface area contributed by atoms with Gasteiger partial charge in [0.05, 0.1) is 17.6 Å². The number of hydrogen-bond acceptors (Lipinski definition) is 5. The van der Waals surface area contributed by atoms with Gasteiger partial charge in [0.15, 0.2) is 0 Å². The van der Waals surface area contributed by atoms with E-state index in [2.05, 4.69) is 14.8 Å². The maximum Gasteiger partial charge on any atom is 0.337 e. The number of rotatable bonds is 4. The Bertz CT molecular complexity index is 622. The van der Waals surface area contributed by atoms with Gasteiger partial charge in [-0.2, -0.15) is 0 Å². The summed E-state index contributed by atoms with van der Waals surface area (Å²) in [5, 5.41) is 3.16. The van der Waals surface area contributed by atoms with Crippen molar-refractivity contribution in [1.82, 2.24) is 10.0 Å². The number of piperidine rings is 1. The summed E-state index contributed by atoms with van der Waals surface area (Å²) in [6.07, 6.45) is 1.75. The molecule has 21 heavy (non-hydrogen) atoms. The number of sulfonamides is 1. The van der Waals surface area contributed by atoms with Gasteiger partial charge in [-0.05, 0) is 44.0 Å². The lowest BCUT2D eigenvalue weighted by Gasteiger charge is -2.24. The lowest BCUT2D eigenvalue weighted by Crippen LogP contribution is -2.45. The number of hydrogen-bond donors (Lipinski definition) is 2. The second kappa shape index (κ2) is 6.55. The topological polar surface area (TPSA) is 84.5 Å². The Labute approximate surface area is 124 Å². The fourth-order valence-corrected chi connectivity index (χ4v) is 3.91. The van der Waals surface area contributed by atoms with Crippen LogP contribution in [-0.2, 0) is 14.8 Å². The van der Waals surface area contributed by atoms with Crippen LogP contribution in [0.2, 0.25) is 0 Å². The molecule has 1 aromatic carbocycles. The van der Waals surface area contributed by atoms with Gasteiger partial charge in [0.25, 0.3) is 0 Å². The number of ether oxygens (including phenoxy) is 1. The third-order valence-electron chi connectivity index (χ3n) is 3.52. The van der Waals surface area contributed by atoms with Crippen LogP contribution in [0, 0.1) is 6.92 Å². The summed E-state index contributed by atoms with van der Waals surface area (Å²) in [5.74, 6) is -0.550. The predicted molar refractivity (Wildman–Crippen MR) is 78.7 cm³/mol. The zero-order valence-corrected chi connectivity index (χ0v) is 13.0. The van der Waals surface area contributed by atoms with Gasteiger partial charge in [-0.3, -0.25) is 0 Å². The van der Waals surface area contributed by atoms with Crippen molar-refractivity contribution in [2.75, 3.05) is 20.2 Å². The van der Waals surface area contributed by atoms with Gasteiger partial charge in [-0.1, -0.05) is 6.07 Å². The molecule has 6 nitrogen and oxygen atoms in total. The van der Waals surface area contributed by atoms with Crippen molar-refractivity contribution in [3.63, 3.8) is 0 Å². The second-order valence-corrected chi connectivity index (χ2v) is 6.82. The van der Waals surface area contributed by atoms with E-state index in [1.807, 2.05) is 0 Å². The first-order valence-corrected chi connectivity index (χ1v) is 8.34. The van der Waals surface area contributed by atoms with E-state index in [1.165, 1.54) is 13.2 Å². The largest absolute Gasteiger partial charge is 0.465 e. The molecule has 1 heterocycles. The quantitative estimate of drug-likeness (QED) is 0.804. The van der Waals surface area contributed by atoms with E-state index in [0.29, 0.717) is 12.1 Å². The SMILES string of the molecule is COC(=O)c1ccc(C)c(S(=O)(=O)NC2CCCNC2)c1. The van der Waals surface area contributed by atoms with E-state index in [1.54, 1.807) is 19.1 Å². The molecule has 0 aliphatic carbocycles. The Morgan fingerprint density at radius 2 is 2.19 bits per heavy atom. The van der Waals surface area contributed by atoms with Crippen molar-refractivity contribution in [3.8, 4) is 0 Å². The minimum atomic E-state index is -3.65. The molecule has 0 bridgehead atoms. The smallest absolute Gasteiger partial charge is 0.337 e. The zero-order chi connectivity index (χ0) is 15.5. The predicted octanol–water partition coefficient (Wildman–Crippen LogP) is 0.812. The number of methoxy groups -OCH3 is 1. The lowest BCUT2D eigenvalue weighted by atomic mass is 10.1. The highest BCUT2D eigenvalue weighted by Gasteiger charge is 2.24. The van der Waals surface area contributed by atoms with Crippen LogP contribution in [0.25, 0.3) is 0 Å². The molecule has 1 unspecified atom stereocenters. The van der Waals surface area contributed by atoms with E-state index in [9.17, 15) is 13.2 Å². The van der Waals surface area contributed by atoms with Crippen LogP contribution < -0.4 is 10.0 Å². The third kappa shape index (κ3) is 3.81. The number of aryl methyl sites for hydroxylation is 1. The van der Waals surface area contributed by atoms with Crippen molar-refractivity contribution in [2.45, 2.75) is 30.7 Å². The molecule has 1 aliphatic heterocycles. The molecule has 0 amide bonds. The van der Waals surface area contributed by atoms with Gasteiger partial charge in [0, 0.05) is 12.6 Å². The van der Waals surface area contributed by atoms with Crippen LogP contribution >= 0.6 is 0 Å². The third-order valence-corrected chi connectivity index (χ3v) is 5.18. The number of carbonyl (C=O) groups excluding carboxylic acids is 1. The molecule has 7 heteroatoms. The van der Waals surface area contributed by atoms with Crippen molar-refractivity contribution in [1.29, 1.82) is 0 Å². The summed E-state index contributed by atoms with van der Waals surface area (Å²) >= 11 is 0. The Morgan fingerprint density at radius 3 is 2.81 bits per heavy atom. The Morgan fingerprint density at radius 1 is 1.43 bits per heavy atom. The first kappa shape index (κ1) is 15.9. The van der Waals surface area contributed by atoms with Gasteiger partial charge in [0.1, 0.15) is 0 Å². The van der Waals surface area contributed by atoms with E-state index in [-0.39, 0.29) is 16.5 Å². The van der Waals surface area contributed by atoms with E-state index < -0.39 is 16.0 Å². The van der Waals surface area contributed by atoms with Crippen molar-refractivity contribution >= 4 is 16.0 Å². The summed E-state index contributed by atoms with van der Waals surface area (Å²) in [4.78, 5) is 11.7. The Balaban J connectivity index is 2.27. The van der Waals surface area contributed by atoms with Crippen molar-refractivity contribution in [2.24, 2.45) is 0 Å². The first-order valence-electron chi connectivity index (χ1n) is 6.86. The normalized spacial score (nSPS) is 19.2. The maximum absolute atomic E-state index is 12.5. The number of benzene rings is 1. The van der Waals surface area contributed by atoms with Gasteiger partial charge < -0.3 is 10.1 Å². The van der Waals surface area contributed by atoms with Crippen molar-refractivity contribution < 1.29 is 17.9 Å². The lowest BCUT2D eigenvalue weighted by molar-refractivity contribution is 0.0600. The highest BCUT2D eigenvalue weighted by atomic mass is 32.2. The van der Waals surface area contributed by atoms with E-state index >= 15 is 0 Å². The fourth-order valence-electron chi connectivity index (χ4n) is 2.37. The van der Waals surface area contributed by atoms with Crippen LogP contribution in [0.4, 0.5) is 0 Å². The summed E-state index contributed by atoms with van der Waals surface area (Å²) in [5.41, 5.74) is 0.823. The minimum Gasteiger partial charge on any atom is -0.465 e. The standard InChI is InChI=1S/C14H20N2O4S/c1-10-5-6-11(14(17)20-2)8-13(10)21(18,19)16-12-4-3-7-15-9-12/h5-6,8,12,15-16H,3-4,7,9H2,1-2H3. The van der Waals surface area contributed by atoms with Crippen LogP contribution in [-0.4, -0.2) is 40.6 Å². The number of esters is 1. The molecule has 1 aromatic rings. The molecule has 1 fully saturated rings. The second-order valence-electron chi connectivity index (χ2n) is 5.14. The van der Waals surface area contributed by atoms with Crippen LogP contribution in [0.1, 0.15) is 28.8 Å². The summed E-state index contributed by atoms with van der Waals surface area (Å²) in [6, 6.07) is 4.41. The average Bonchev–Trinajstić information content (AvgIpc) is 2.47. The molecule has 0 aromatic heterocycles. The molecule has 0 spiro atoms. The highest BCUT2D eigenvalue weighted by molar-refractivity contribution is 7.89. The number of nitrogens with one attached hydrogen (secondary N) is 2. The summed E-state index contributed by atoms with van der Waals surface area (Å²) < 4.78 is 32.3. The summed E-state index contributed by atoms with van der Waals surface area (Å²) in [7, 11) is -2.39. The van der Waals surface area contributed by atoms with Crippen LogP contribution in [0.3, 0.4) is 0 Å². The monoisotopic (exact) mass is 312 g/mol. The Kier molecular flexibility index (Phi) is 4.97. The molecule has 1 atom stereocenters. The summed E-state index contributed by atoms with van der Waals surface area (Å²) in [6.45, 7) is 3.23. The molecule has 0 saturated carbocycles. The van der Waals surface area contributed by atoms with Crippen LogP contribution in [0.5, 0.6) is 0 Å². The van der Waals surface area contributed by atoms with Gasteiger partial charge in [-0.25, -0.2) is 17.9 Å². The van der Waals surface area contributed by atoms with Gasteiger partial charge in [-0.15, -0.1) is 0 Å². The maximum atomic E-state index is 12.5. The first-order chi connectivity index (χ1) is 9.94. The average molecular weight is 312 g/mol. The molecular weight excluding hydrogens is 292 g/mol. The molecule has 116 valence electrons. The minimum absolute atomic E-state index is 0.120. The molecule has 1 aliphatic rings. The molecule has 2 rings (SSSR count). The van der Waals surface area contributed by atoms with Crippen LogP contribution in [0.15, 0.2) is 23.1 Å².